The molecule has 2 aromatic heterocycles. The summed E-state index contributed by atoms with van der Waals surface area (Å²) in [6.45, 7) is 2.76. The maximum absolute atomic E-state index is 12.0. The molecule has 2 aromatic rings. The van der Waals surface area contributed by atoms with E-state index in [1.807, 2.05) is 18.2 Å². The second-order valence-corrected chi connectivity index (χ2v) is 5.09. The molecule has 3 rings (SSSR count). The number of likely N-dealkylation sites (tertiary alicyclic amines) is 1. The lowest BCUT2D eigenvalue weighted by Crippen LogP contribution is -2.24. The van der Waals surface area contributed by atoms with Crippen molar-refractivity contribution in [1.82, 2.24) is 14.3 Å². The van der Waals surface area contributed by atoms with Crippen molar-refractivity contribution in [2.75, 3.05) is 19.7 Å². The molecule has 3 heterocycles. The van der Waals surface area contributed by atoms with E-state index in [4.69, 9.17) is 5.11 Å². The van der Waals surface area contributed by atoms with Crippen LogP contribution in [0.4, 0.5) is 0 Å². The minimum atomic E-state index is -0.0431. The van der Waals surface area contributed by atoms with Crippen LogP contribution in [0.25, 0.3) is 5.65 Å². The number of aliphatic hydroxyl groups excluding tert-OH is 1. The second-order valence-electron chi connectivity index (χ2n) is 5.09. The van der Waals surface area contributed by atoms with Gasteiger partial charge in [-0.1, -0.05) is 6.07 Å². The molecule has 0 radical (unpaired) electrons. The Bertz CT molecular complexity index is 638. The molecular formula is C14H17N3O2. The predicted molar refractivity (Wildman–Crippen MR) is 71.9 cm³/mol. The third kappa shape index (κ3) is 2.52. The highest BCUT2D eigenvalue weighted by Crippen LogP contribution is 2.17. The first-order chi connectivity index (χ1) is 9.26. The largest absolute Gasteiger partial charge is 0.396 e. The molecule has 100 valence electrons. The van der Waals surface area contributed by atoms with E-state index in [9.17, 15) is 4.79 Å². The lowest BCUT2D eigenvalue weighted by molar-refractivity contribution is 0.219. The van der Waals surface area contributed by atoms with E-state index in [0.717, 1.165) is 25.2 Å². The zero-order valence-corrected chi connectivity index (χ0v) is 10.7. The van der Waals surface area contributed by atoms with E-state index >= 15 is 0 Å². The Balaban J connectivity index is 1.84. The van der Waals surface area contributed by atoms with Crippen LogP contribution in [-0.4, -0.2) is 39.1 Å². The summed E-state index contributed by atoms with van der Waals surface area (Å²) in [5, 5.41) is 9.14. The molecule has 1 saturated heterocycles. The lowest BCUT2D eigenvalue weighted by atomic mass is 10.1. The number of aromatic nitrogens is 2. The third-order valence-electron chi connectivity index (χ3n) is 3.64. The summed E-state index contributed by atoms with van der Waals surface area (Å²) in [6, 6.07) is 7.13. The molecule has 0 aromatic carbocycles. The zero-order chi connectivity index (χ0) is 13.2. The van der Waals surface area contributed by atoms with Crippen molar-refractivity contribution in [3.05, 3.63) is 46.5 Å². The average Bonchev–Trinajstić information content (AvgIpc) is 2.86. The first kappa shape index (κ1) is 12.3. The predicted octanol–water partition coefficient (Wildman–Crippen LogP) is 0.509. The standard InChI is InChI=1S/C14H17N3O2/c18-10-11-4-6-16(8-11)9-12-7-14(19)17-5-2-1-3-13(17)15-12/h1-3,5,7,11,18H,4,6,8-10H2/t11-/m1/s1. The van der Waals surface area contributed by atoms with Crippen LogP contribution in [0.1, 0.15) is 12.1 Å². The summed E-state index contributed by atoms with van der Waals surface area (Å²) in [4.78, 5) is 18.7. The normalized spacial score (nSPS) is 20.2. The number of pyridine rings is 1. The molecule has 1 aliphatic heterocycles. The van der Waals surface area contributed by atoms with Gasteiger partial charge in [0.05, 0.1) is 5.69 Å². The number of nitrogens with zero attached hydrogens (tertiary/aromatic N) is 3. The summed E-state index contributed by atoms with van der Waals surface area (Å²) in [5.41, 5.74) is 1.44. The zero-order valence-electron chi connectivity index (χ0n) is 10.7. The van der Waals surface area contributed by atoms with Crippen molar-refractivity contribution < 1.29 is 5.11 Å². The lowest BCUT2D eigenvalue weighted by Gasteiger charge is -2.15. The first-order valence-electron chi connectivity index (χ1n) is 6.57. The molecule has 0 bridgehead atoms. The third-order valence-corrected chi connectivity index (χ3v) is 3.64. The van der Waals surface area contributed by atoms with Gasteiger partial charge in [0.15, 0.2) is 0 Å². The van der Waals surface area contributed by atoms with Crippen molar-refractivity contribution in [2.24, 2.45) is 5.92 Å². The minimum Gasteiger partial charge on any atom is -0.396 e. The van der Waals surface area contributed by atoms with Crippen LogP contribution in [0.2, 0.25) is 0 Å². The van der Waals surface area contributed by atoms with Gasteiger partial charge in [-0.15, -0.1) is 0 Å². The molecular weight excluding hydrogens is 242 g/mol. The fourth-order valence-corrected chi connectivity index (χ4v) is 2.62. The van der Waals surface area contributed by atoms with Gasteiger partial charge in [0.1, 0.15) is 5.65 Å². The highest BCUT2D eigenvalue weighted by atomic mass is 16.3. The fraction of sp³-hybridized carbons (Fsp3) is 0.429. The molecule has 5 heteroatoms. The van der Waals surface area contributed by atoms with Gasteiger partial charge >= 0.3 is 0 Å². The summed E-state index contributed by atoms with van der Waals surface area (Å²) < 4.78 is 1.55. The van der Waals surface area contributed by atoms with Crippen LogP contribution in [-0.2, 0) is 6.54 Å². The van der Waals surface area contributed by atoms with Crippen LogP contribution in [0.5, 0.6) is 0 Å². The Hall–Kier alpha value is -1.72. The van der Waals surface area contributed by atoms with Gasteiger partial charge in [-0.25, -0.2) is 4.98 Å². The maximum Gasteiger partial charge on any atom is 0.258 e. The van der Waals surface area contributed by atoms with Crippen LogP contribution < -0.4 is 5.56 Å². The molecule has 5 nitrogen and oxygen atoms in total. The topological polar surface area (TPSA) is 57.8 Å². The highest BCUT2D eigenvalue weighted by Gasteiger charge is 2.22. The highest BCUT2D eigenvalue weighted by molar-refractivity contribution is 5.37. The van der Waals surface area contributed by atoms with E-state index in [0.29, 0.717) is 18.1 Å². The Morgan fingerprint density at radius 1 is 1.42 bits per heavy atom. The van der Waals surface area contributed by atoms with E-state index in [1.54, 1.807) is 16.7 Å². The maximum atomic E-state index is 12.0. The van der Waals surface area contributed by atoms with Crippen molar-refractivity contribution in [3.8, 4) is 0 Å². The van der Waals surface area contributed by atoms with Gasteiger partial charge in [0.2, 0.25) is 0 Å². The molecule has 1 aliphatic rings. The molecule has 1 atom stereocenters. The minimum absolute atomic E-state index is 0.0431. The average molecular weight is 259 g/mol. The van der Waals surface area contributed by atoms with E-state index in [-0.39, 0.29) is 12.2 Å². The van der Waals surface area contributed by atoms with E-state index < -0.39 is 0 Å². The summed E-state index contributed by atoms with van der Waals surface area (Å²) >= 11 is 0. The molecule has 0 spiro atoms. The molecule has 0 aliphatic carbocycles. The number of rotatable bonds is 3. The molecule has 1 N–H and O–H groups in total. The SMILES string of the molecule is O=c1cc(CN2CC[C@@H](CO)C2)nc2ccccn12. The van der Waals surface area contributed by atoms with Crippen molar-refractivity contribution in [2.45, 2.75) is 13.0 Å². The number of hydrogen-bond donors (Lipinski definition) is 1. The van der Waals surface area contributed by atoms with Gasteiger partial charge in [-0.05, 0) is 31.0 Å². The fourth-order valence-electron chi connectivity index (χ4n) is 2.62. The van der Waals surface area contributed by atoms with E-state index in [1.165, 1.54) is 0 Å². The second kappa shape index (κ2) is 5.11. The van der Waals surface area contributed by atoms with Crippen LogP contribution in [0, 0.1) is 5.92 Å². The first-order valence-corrected chi connectivity index (χ1v) is 6.57. The van der Waals surface area contributed by atoms with Crippen LogP contribution in [0.3, 0.4) is 0 Å². The molecule has 0 unspecified atom stereocenters. The van der Waals surface area contributed by atoms with Gasteiger partial charge in [-0.2, -0.15) is 0 Å². The van der Waals surface area contributed by atoms with Crippen LogP contribution >= 0.6 is 0 Å². The number of fused-ring (bicyclic) bond motifs is 1. The van der Waals surface area contributed by atoms with Gasteiger partial charge in [0, 0.05) is 32.0 Å². The Labute approximate surface area is 111 Å². The monoisotopic (exact) mass is 259 g/mol. The van der Waals surface area contributed by atoms with Crippen LogP contribution in [0.15, 0.2) is 35.3 Å². The van der Waals surface area contributed by atoms with Crippen molar-refractivity contribution >= 4 is 5.65 Å². The van der Waals surface area contributed by atoms with Gasteiger partial charge in [0.25, 0.3) is 5.56 Å². The summed E-state index contributed by atoms with van der Waals surface area (Å²) in [5.74, 6) is 0.363. The molecule has 0 amide bonds. The molecule has 0 saturated carbocycles. The molecule has 19 heavy (non-hydrogen) atoms. The van der Waals surface area contributed by atoms with Gasteiger partial charge < -0.3 is 5.11 Å². The smallest absolute Gasteiger partial charge is 0.258 e. The number of aliphatic hydroxyl groups is 1. The Morgan fingerprint density at radius 3 is 3.11 bits per heavy atom. The Morgan fingerprint density at radius 2 is 2.32 bits per heavy atom. The Kier molecular flexibility index (Phi) is 3.31. The quantitative estimate of drug-likeness (QED) is 0.872. The van der Waals surface area contributed by atoms with Crippen molar-refractivity contribution in [3.63, 3.8) is 0 Å². The summed E-state index contributed by atoms with van der Waals surface area (Å²) in [6.07, 6.45) is 2.75. The number of hydrogen-bond acceptors (Lipinski definition) is 4. The van der Waals surface area contributed by atoms with E-state index in [2.05, 4.69) is 9.88 Å². The summed E-state index contributed by atoms with van der Waals surface area (Å²) in [7, 11) is 0. The van der Waals surface area contributed by atoms with Gasteiger partial charge in [-0.3, -0.25) is 14.1 Å². The van der Waals surface area contributed by atoms with Crippen molar-refractivity contribution in [1.29, 1.82) is 0 Å². The molecule has 1 fully saturated rings.